The number of hydrogen-bond donors (Lipinski definition) is 0. The van der Waals surface area contributed by atoms with Gasteiger partial charge < -0.3 is 9.47 Å². The van der Waals surface area contributed by atoms with Gasteiger partial charge in [-0.3, -0.25) is 0 Å². The van der Waals surface area contributed by atoms with Gasteiger partial charge in [0.25, 0.3) is 0 Å². The Hall–Kier alpha value is 0.0600. The number of ether oxygens (including phenoxy) is 2. The van der Waals surface area contributed by atoms with Gasteiger partial charge in [-0.25, -0.2) is 9.97 Å². The highest BCUT2D eigenvalue weighted by Crippen LogP contribution is 2.29. The number of hydrogen-bond acceptors (Lipinski definition) is 4. The van der Waals surface area contributed by atoms with Crippen LogP contribution >= 0.6 is 39.1 Å². The highest BCUT2D eigenvalue weighted by atomic mass is 79.9. The lowest BCUT2D eigenvalue weighted by Crippen LogP contribution is -2.23. The van der Waals surface area contributed by atoms with Crippen LogP contribution in [0.4, 0.5) is 0 Å². The molecule has 0 bridgehead atoms. The van der Waals surface area contributed by atoms with Crippen LogP contribution in [0.5, 0.6) is 0 Å². The molecule has 1 atom stereocenters. The van der Waals surface area contributed by atoms with Gasteiger partial charge in [0.15, 0.2) is 5.82 Å². The van der Waals surface area contributed by atoms with Crippen LogP contribution in [0.2, 0.25) is 10.3 Å². The van der Waals surface area contributed by atoms with Crippen LogP contribution in [0, 0.1) is 0 Å². The first-order valence-electron chi connectivity index (χ1n) is 4.26. The summed E-state index contributed by atoms with van der Waals surface area (Å²) in [7, 11) is 0. The van der Waals surface area contributed by atoms with Crippen molar-refractivity contribution in [1.82, 2.24) is 9.97 Å². The number of nitrogens with zero attached hydrogens (tertiary/aromatic N) is 2. The molecule has 0 aliphatic carbocycles. The molecule has 1 fully saturated rings. The minimum Gasteiger partial charge on any atom is -0.376 e. The summed E-state index contributed by atoms with van der Waals surface area (Å²) in [6.07, 6.45) is -0.290. The monoisotopic (exact) mass is 312 g/mol. The van der Waals surface area contributed by atoms with Crippen molar-refractivity contribution < 1.29 is 9.47 Å². The van der Waals surface area contributed by atoms with Gasteiger partial charge in [-0.1, -0.05) is 23.2 Å². The third-order valence-corrected chi connectivity index (χ3v) is 3.65. The predicted octanol–water partition coefficient (Wildman–Crippen LogP) is 2.63. The SMILES string of the molecule is Clc1nc(C2COCCO2)nc(Cl)c1Br. The second-order valence-corrected chi connectivity index (χ2v) is 4.42. The highest BCUT2D eigenvalue weighted by molar-refractivity contribution is 9.10. The average molecular weight is 314 g/mol. The molecule has 7 heteroatoms. The molecule has 1 aromatic rings. The molecule has 1 unspecified atom stereocenters. The van der Waals surface area contributed by atoms with Crippen LogP contribution in [0.1, 0.15) is 11.9 Å². The van der Waals surface area contributed by atoms with Gasteiger partial charge in [0.05, 0.1) is 24.3 Å². The molecule has 1 aliphatic heterocycles. The lowest BCUT2D eigenvalue weighted by atomic mass is 10.3. The molecule has 2 rings (SSSR count). The maximum absolute atomic E-state index is 5.86. The van der Waals surface area contributed by atoms with E-state index in [2.05, 4.69) is 25.9 Å². The van der Waals surface area contributed by atoms with E-state index in [0.29, 0.717) is 30.1 Å². The van der Waals surface area contributed by atoms with E-state index in [0.717, 1.165) is 0 Å². The van der Waals surface area contributed by atoms with Gasteiger partial charge in [-0.05, 0) is 15.9 Å². The van der Waals surface area contributed by atoms with Crippen LogP contribution in [-0.2, 0) is 9.47 Å². The van der Waals surface area contributed by atoms with E-state index in [4.69, 9.17) is 32.7 Å². The molecule has 0 saturated carbocycles. The van der Waals surface area contributed by atoms with Crippen molar-refractivity contribution in [3.63, 3.8) is 0 Å². The first-order valence-corrected chi connectivity index (χ1v) is 5.81. The Morgan fingerprint density at radius 1 is 1.20 bits per heavy atom. The van der Waals surface area contributed by atoms with Crippen LogP contribution in [0.3, 0.4) is 0 Å². The Morgan fingerprint density at radius 3 is 2.40 bits per heavy atom. The van der Waals surface area contributed by atoms with E-state index in [1.807, 2.05) is 0 Å². The molecule has 0 spiro atoms. The minimum atomic E-state index is -0.290. The van der Waals surface area contributed by atoms with Crippen molar-refractivity contribution >= 4 is 39.1 Å². The van der Waals surface area contributed by atoms with E-state index in [1.54, 1.807) is 0 Å². The molecule has 15 heavy (non-hydrogen) atoms. The number of aromatic nitrogens is 2. The topological polar surface area (TPSA) is 44.2 Å². The Balaban J connectivity index is 2.27. The molecule has 2 heterocycles. The molecule has 0 radical (unpaired) electrons. The van der Waals surface area contributed by atoms with E-state index in [9.17, 15) is 0 Å². The third-order valence-electron chi connectivity index (χ3n) is 1.89. The quantitative estimate of drug-likeness (QED) is 0.748. The summed E-state index contributed by atoms with van der Waals surface area (Å²) >= 11 is 14.9. The molecule has 0 N–H and O–H groups in total. The normalized spacial score (nSPS) is 21.7. The van der Waals surface area contributed by atoms with Gasteiger partial charge in [0.1, 0.15) is 16.4 Å². The van der Waals surface area contributed by atoms with Gasteiger partial charge in [0.2, 0.25) is 0 Å². The first-order chi connectivity index (χ1) is 7.18. The van der Waals surface area contributed by atoms with Crippen molar-refractivity contribution in [2.45, 2.75) is 6.10 Å². The summed E-state index contributed by atoms with van der Waals surface area (Å²) in [5, 5.41) is 0.554. The van der Waals surface area contributed by atoms with Gasteiger partial charge in [-0.15, -0.1) is 0 Å². The zero-order valence-electron chi connectivity index (χ0n) is 7.54. The van der Waals surface area contributed by atoms with E-state index < -0.39 is 0 Å². The first kappa shape index (κ1) is 11.5. The Bertz CT molecular complexity index is 349. The third kappa shape index (κ3) is 2.60. The van der Waals surface area contributed by atoms with Crippen molar-refractivity contribution in [3.8, 4) is 0 Å². The largest absolute Gasteiger partial charge is 0.376 e. The fourth-order valence-electron chi connectivity index (χ4n) is 1.19. The maximum atomic E-state index is 5.86. The molecule has 0 aromatic carbocycles. The highest BCUT2D eigenvalue weighted by Gasteiger charge is 2.21. The molecular weight excluding hydrogens is 307 g/mol. The second-order valence-electron chi connectivity index (χ2n) is 2.91. The fourth-order valence-corrected chi connectivity index (χ4v) is 1.77. The smallest absolute Gasteiger partial charge is 0.163 e. The zero-order chi connectivity index (χ0) is 10.8. The second kappa shape index (κ2) is 4.93. The summed E-state index contributed by atoms with van der Waals surface area (Å²) in [4.78, 5) is 8.15. The summed E-state index contributed by atoms with van der Waals surface area (Å²) < 4.78 is 11.2. The minimum absolute atomic E-state index is 0.277. The Morgan fingerprint density at radius 2 is 1.87 bits per heavy atom. The Kier molecular flexibility index (Phi) is 3.79. The molecular formula is C8H7BrCl2N2O2. The van der Waals surface area contributed by atoms with Crippen molar-refractivity contribution in [2.75, 3.05) is 19.8 Å². The maximum Gasteiger partial charge on any atom is 0.163 e. The molecule has 1 aromatic heterocycles. The summed E-state index contributed by atoms with van der Waals surface area (Å²) in [6, 6.07) is 0. The predicted molar refractivity (Wildman–Crippen MR) is 59.3 cm³/mol. The standard InChI is InChI=1S/C8H7BrCl2N2O2/c9-5-6(10)12-8(13-7(5)11)4-3-14-1-2-15-4/h4H,1-3H2. The molecule has 1 saturated heterocycles. The van der Waals surface area contributed by atoms with E-state index in [-0.39, 0.29) is 16.4 Å². The van der Waals surface area contributed by atoms with Gasteiger partial charge in [-0.2, -0.15) is 0 Å². The molecule has 1 aliphatic rings. The van der Waals surface area contributed by atoms with E-state index in [1.165, 1.54) is 0 Å². The van der Waals surface area contributed by atoms with Crippen molar-refractivity contribution in [1.29, 1.82) is 0 Å². The molecule has 82 valence electrons. The molecule has 0 amide bonds. The van der Waals surface area contributed by atoms with Gasteiger partial charge >= 0.3 is 0 Å². The van der Waals surface area contributed by atoms with Crippen LogP contribution in [0.25, 0.3) is 0 Å². The zero-order valence-corrected chi connectivity index (χ0v) is 10.6. The summed E-state index contributed by atoms with van der Waals surface area (Å²) in [5.41, 5.74) is 0. The van der Waals surface area contributed by atoms with Gasteiger partial charge in [0, 0.05) is 0 Å². The van der Waals surface area contributed by atoms with E-state index >= 15 is 0 Å². The average Bonchev–Trinajstić information content (AvgIpc) is 2.26. The number of rotatable bonds is 1. The summed E-state index contributed by atoms with van der Waals surface area (Å²) in [6.45, 7) is 1.54. The van der Waals surface area contributed by atoms with Crippen molar-refractivity contribution in [2.24, 2.45) is 0 Å². The Labute approximate surface area is 105 Å². The number of halogens is 3. The van der Waals surface area contributed by atoms with Crippen LogP contribution in [-0.4, -0.2) is 29.8 Å². The molecule has 4 nitrogen and oxygen atoms in total. The van der Waals surface area contributed by atoms with Crippen LogP contribution in [0.15, 0.2) is 4.47 Å². The fraction of sp³-hybridized carbons (Fsp3) is 0.500. The lowest BCUT2D eigenvalue weighted by molar-refractivity contribution is -0.0935. The summed E-state index contributed by atoms with van der Waals surface area (Å²) in [5.74, 6) is 0.452. The lowest BCUT2D eigenvalue weighted by Gasteiger charge is -2.21. The van der Waals surface area contributed by atoms with Crippen molar-refractivity contribution in [3.05, 3.63) is 20.6 Å². The van der Waals surface area contributed by atoms with Crippen LogP contribution < -0.4 is 0 Å².